The Labute approximate surface area is 130 Å². The predicted molar refractivity (Wildman–Crippen MR) is 82.5 cm³/mol. The summed E-state index contributed by atoms with van der Waals surface area (Å²) in [6.45, 7) is 7.27. The highest BCUT2D eigenvalue weighted by Crippen LogP contribution is 2.39. The molecule has 5 heteroatoms. The first-order valence-electron chi connectivity index (χ1n) is 6.64. The van der Waals surface area contributed by atoms with Crippen LogP contribution in [0.5, 0.6) is 0 Å². The molecule has 112 valence electrons. The van der Waals surface area contributed by atoms with Crippen molar-refractivity contribution in [1.29, 1.82) is 0 Å². The summed E-state index contributed by atoms with van der Waals surface area (Å²) in [6.07, 6.45) is 0. The van der Waals surface area contributed by atoms with Crippen LogP contribution in [0.15, 0.2) is 48.5 Å². The quantitative estimate of drug-likeness (QED) is 0.674. The molecule has 3 rings (SSSR count). The van der Waals surface area contributed by atoms with Gasteiger partial charge in [-0.25, -0.2) is 18.4 Å². The zero-order valence-corrected chi connectivity index (χ0v) is 11.7. The summed E-state index contributed by atoms with van der Waals surface area (Å²) < 4.78 is 27.3. The fourth-order valence-corrected chi connectivity index (χ4v) is 2.51. The molecule has 0 heterocycles. The number of hydrogen-bond acceptors (Lipinski definition) is 1. The highest BCUT2D eigenvalue weighted by Gasteiger charge is 2.16. The average Bonchev–Trinajstić information content (AvgIpc) is 2.53. The second-order valence-electron chi connectivity index (χ2n) is 4.94. The number of aromatic carboxylic acids is 1. The molecule has 3 nitrogen and oxygen atoms in total. The molecule has 0 saturated carbocycles. The van der Waals surface area contributed by atoms with E-state index in [1.54, 1.807) is 12.1 Å². The van der Waals surface area contributed by atoms with E-state index in [4.69, 9.17) is 11.7 Å². The van der Waals surface area contributed by atoms with E-state index in [1.807, 2.05) is 0 Å². The maximum absolute atomic E-state index is 14.2. The first-order valence-corrected chi connectivity index (χ1v) is 6.64. The van der Waals surface area contributed by atoms with Crippen LogP contribution in [-0.4, -0.2) is 11.1 Å². The lowest BCUT2D eigenvalue weighted by Crippen LogP contribution is -1.96. The zero-order chi connectivity index (χ0) is 16.6. The largest absolute Gasteiger partial charge is 0.478 e. The van der Waals surface area contributed by atoms with Crippen molar-refractivity contribution in [1.82, 2.24) is 0 Å². The van der Waals surface area contributed by atoms with Gasteiger partial charge in [-0.2, -0.15) is 0 Å². The van der Waals surface area contributed by atoms with Gasteiger partial charge in [0, 0.05) is 11.6 Å². The summed E-state index contributed by atoms with van der Waals surface area (Å²) in [4.78, 5) is 14.6. The van der Waals surface area contributed by atoms with Gasteiger partial charge < -0.3 is 5.11 Å². The van der Waals surface area contributed by atoms with Crippen LogP contribution in [0.3, 0.4) is 0 Å². The lowest BCUT2D eigenvalue weighted by atomic mass is 9.94. The van der Waals surface area contributed by atoms with Gasteiger partial charge in [0.05, 0.1) is 12.1 Å². The molecule has 0 aliphatic rings. The van der Waals surface area contributed by atoms with Gasteiger partial charge >= 0.3 is 5.97 Å². The average molecular weight is 309 g/mol. The molecule has 1 N–H and O–H groups in total. The molecule has 0 saturated heterocycles. The van der Waals surface area contributed by atoms with E-state index in [0.717, 1.165) is 12.1 Å². The number of halogens is 2. The van der Waals surface area contributed by atoms with Crippen molar-refractivity contribution in [3.8, 4) is 11.1 Å². The van der Waals surface area contributed by atoms with Gasteiger partial charge in [-0.1, -0.05) is 18.2 Å². The van der Waals surface area contributed by atoms with Crippen molar-refractivity contribution in [3.05, 3.63) is 77.1 Å². The van der Waals surface area contributed by atoms with E-state index in [9.17, 15) is 13.6 Å². The monoisotopic (exact) mass is 309 g/mol. The third-order valence-corrected chi connectivity index (χ3v) is 3.57. The Morgan fingerprint density at radius 3 is 2.43 bits per heavy atom. The van der Waals surface area contributed by atoms with Crippen molar-refractivity contribution in [2.24, 2.45) is 0 Å². The van der Waals surface area contributed by atoms with Crippen LogP contribution >= 0.6 is 0 Å². The standard InChI is InChI=1S/C18H9F2NO2/c1-21-16-7-4-10-2-3-11(18(22)23)8-14(10)17(16)13-6-5-12(19)9-15(13)20/h2-9H,(H,22,23). The van der Waals surface area contributed by atoms with Gasteiger partial charge in [0.25, 0.3) is 0 Å². The molecule has 3 aromatic rings. The minimum Gasteiger partial charge on any atom is -0.478 e. The summed E-state index contributed by atoms with van der Waals surface area (Å²) in [5.74, 6) is -2.64. The van der Waals surface area contributed by atoms with Crippen LogP contribution in [0, 0.1) is 18.2 Å². The van der Waals surface area contributed by atoms with Crippen LogP contribution in [0.1, 0.15) is 10.4 Å². The van der Waals surface area contributed by atoms with E-state index in [-0.39, 0.29) is 22.4 Å². The van der Waals surface area contributed by atoms with Crippen LogP contribution in [0.25, 0.3) is 26.7 Å². The Bertz CT molecular complexity index is 990. The van der Waals surface area contributed by atoms with Gasteiger partial charge in [0.2, 0.25) is 0 Å². The van der Waals surface area contributed by atoms with Crippen molar-refractivity contribution < 1.29 is 18.7 Å². The highest BCUT2D eigenvalue weighted by molar-refractivity contribution is 6.05. The van der Waals surface area contributed by atoms with Crippen molar-refractivity contribution in [2.75, 3.05) is 0 Å². The Balaban J connectivity index is 2.43. The normalized spacial score (nSPS) is 10.5. The Morgan fingerprint density at radius 2 is 1.78 bits per heavy atom. The fraction of sp³-hybridized carbons (Fsp3) is 0. The lowest BCUT2D eigenvalue weighted by Gasteiger charge is -2.11. The maximum Gasteiger partial charge on any atom is 0.335 e. The Morgan fingerprint density at radius 1 is 1.04 bits per heavy atom. The van der Waals surface area contributed by atoms with E-state index >= 15 is 0 Å². The molecule has 0 spiro atoms. The van der Waals surface area contributed by atoms with Crippen molar-refractivity contribution in [3.63, 3.8) is 0 Å². The lowest BCUT2D eigenvalue weighted by molar-refractivity contribution is 0.0697. The van der Waals surface area contributed by atoms with E-state index < -0.39 is 17.6 Å². The third kappa shape index (κ3) is 2.51. The molecular weight excluding hydrogens is 300 g/mol. The van der Waals surface area contributed by atoms with E-state index in [2.05, 4.69) is 4.85 Å². The molecule has 0 aliphatic carbocycles. The van der Waals surface area contributed by atoms with Gasteiger partial charge in [-0.15, -0.1) is 0 Å². The Hall–Kier alpha value is -3.26. The first-order chi connectivity index (χ1) is 11.0. The predicted octanol–water partition coefficient (Wildman–Crippen LogP) is 5.03. The molecule has 0 aliphatic heterocycles. The number of fused-ring (bicyclic) bond motifs is 1. The smallest absolute Gasteiger partial charge is 0.335 e. The van der Waals surface area contributed by atoms with E-state index in [1.165, 1.54) is 24.3 Å². The van der Waals surface area contributed by atoms with Crippen molar-refractivity contribution >= 4 is 22.4 Å². The van der Waals surface area contributed by atoms with Gasteiger partial charge in [-0.05, 0) is 40.6 Å². The van der Waals surface area contributed by atoms with Gasteiger partial charge in [0.1, 0.15) is 11.6 Å². The van der Waals surface area contributed by atoms with E-state index in [0.29, 0.717) is 10.8 Å². The van der Waals surface area contributed by atoms with Crippen molar-refractivity contribution in [2.45, 2.75) is 0 Å². The van der Waals surface area contributed by atoms with Crippen LogP contribution in [0.2, 0.25) is 0 Å². The number of rotatable bonds is 2. The SMILES string of the molecule is [C-]#[N+]c1ccc2ccc(C(=O)O)cc2c1-c1ccc(F)cc1F. The second kappa shape index (κ2) is 5.50. The fourth-order valence-electron chi connectivity index (χ4n) is 2.51. The summed E-state index contributed by atoms with van der Waals surface area (Å²) in [7, 11) is 0. The van der Waals surface area contributed by atoms with Crippen LogP contribution < -0.4 is 0 Å². The molecule has 0 fully saturated rings. The Kier molecular flexibility index (Phi) is 3.51. The van der Waals surface area contributed by atoms with Crippen LogP contribution in [0.4, 0.5) is 14.5 Å². The molecule has 23 heavy (non-hydrogen) atoms. The van der Waals surface area contributed by atoms with Gasteiger partial charge in [-0.3, -0.25) is 0 Å². The zero-order valence-electron chi connectivity index (χ0n) is 11.7. The number of benzene rings is 3. The molecule has 0 aromatic heterocycles. The highest BCUT2D eigenvalue weighted by atomic mass is 19.1. The summed E-state index contributed by atoms with van der Waals surface area (Å²) in [5, 5.41) is 10.2. The maximum atomic E-state index is 14.2. The summed E-state index contributed by atoms with van der Waals surface area (Å²) in [5.41, 5.74) is 0.526. The topological polar surface area (TPSA) is 41.7 Å². The molecular formula is C18H9F2NO2. The molecule has 0 amide bonds. The minimum absolute atomic E-state index is 0.0309. The molecule has 0 unspecified atom stereocenters. The number of hydrogen-bond donors (Lipinski definition) is 1. The molecule has 0 bridgehead atoms. The molecule has 0 atom stereocenters. The second-order valence-corrected chi connectivity index (χ2v) is 4.94. The first kappa shape index (κ1) is 14.7. The number of nitrogens with zero attached hydrogens (tertiary/aromatic N) is 1. The summed E-state index contributed by atoms with van der Waals surface area (Å²) in [6, 6.07) is 10.7. The molecule has 3 aromatic carbocycles. The van der Waals surface area contributed by atoms with Crippen LogP contribution in [-0.2, 0) is 0 Å². The third-order valence-electron chi connectivity index (χ3n) is 3.57. The number of carboxylic acids is 1. The molecule has 0 radical (unpaired) electrons. The summed E-state index contributed by atoms with van der Waals surface area (Å²) >= 11 is 0. The minimum atomic E-state index is -1.12. The number of carbonyl (C=O) groups is 1. The number of carboxylic acid groups (broad SMARTS) is 1. The van der Waals surface area contributed by atoms with Gasteiger partial charge in [0.15, 0.2) is 5.69 Å².